The first-order chi connectivity index (χ1) is 15.3. The lowest BCUT2D eigenvalue weighted by atomic mass is 9.88. The van der Waals surface area contributed by atoms with E-state index in [0.29, 0.717) is 38.0 Å². The Hall–Kier alpha value is -2.93. The van der Waals surface area contributed by atoms with Crippen LogP contribution in [-0.4, -0.2) is 55.5 Å². The monoisotopic (exact) mass is 440 g/mol. The Balaban J connectivity index is 1.73. The number of likely N-dealkylation sites (N-methyl/N-ethyl adjacent to an activating group) is 1. The number of nitrogens with zero attached hydrogens (tertiary/aromatic N) is 2. The fourth-order valence-electron chi connectivity index (χ4n) is 4.05. The van der Waals surface area contributed by atoms with E-state index in [-0.39, 0.29) is 29.7 Å². The number of nitrogens with one attached hydrogen (secondary N) is 2. The molecule has 0 bridgehead atoms. The number of carbonyl (C=O) groups excluding carboxylic acids is 2. The number of carbonyl (C=O) groups is 2. The van der Waals surface area contributed by atoms with Gasteiger partial charge in [-0.15, -0.1) is 0 Å². The molecule has 2 aromatic rings. The molecule has 0 aromatic heterocycles. The standard InChI is InChI=1S/C25H33FN4O2/c1-18-15-20(9-11-22(18)26)23-12-10-21(24(31)27-13-14-29(2)3)17-30(23)25(32)28-16-19-7-5-4-6-8-19/h4-9,11,15,21,23H,10,12-14,16-17H2,1-3H3,(H,27,31)(H,28,32). The molecule has 0 saturated carbocycles. The van der Waals surface area contributed by atoms with Gasteiger partial charge in [-0.1, -0.05) is 42.5 Å². The van der Waals surface area contributed by atoms with Gasteiger partial charge in [0.2, 0.25) is 5.91 Å². The largest absolute Gasteiger partial charge is 0.355 e. The average Bonchev–Trinajstić information content (AvgIpc) is 2.79. The Morgan fingerprint density at radius 2 is 1.84 bits per heavy atom. The van der Waals surface area contributed by atoms with Gasteiger partial charge in [0, 0.05) is 26.2 Å². The molecule has 172 valence electrons. The van der Waals surface area contributed by atoms with Crippen molar-refractivity contribution >= 4 is 11.9 Å². The lowest BCUT2D eigenvalue weighted by molar-refractivity contribution is -0.126. The van der Waals surface area contributed by atoms with Crippen LogP contribution in [0.15, 0.2) is 48.5 Å². The van der Waals surface area contributed by atoms with Crippen LogP contribution in [0, 0.1) is 18.7 Å². The molecule has 6 nitrogen and oxygen atoms in total. The van der Waals surface area contributed by atoms with Crippen molar-refractivity contribution in [2.75, 3.05) is 33.7 Å². The number of benzene rings is 2. The summed E-state index contributed by atoms with van der Waals surface area (Å²) in [6.07, 6.45) is 1.33. The van der Waals surface area contributed by atoms with Crippen molar-refractivity contribution in [3.8, 4) is 0 Å². The van der Waals surface area contributed by atoms with Gasteiger partial charge in [-0.2, -0.15) is 0 Å². The Morgan fingerprint density at radius 1 is 1.09 bits per heavy atom. The molecule has 1 saturated heterocycles. The Labute approximate surface area is 189 Å². The molecule has 0 radical (unpaired) electrons. The molecule has 3 amide bonds. The molecule has 1 heterocycles. The van der Waals surface area contributed by atoms with E-state index in [0.717, 1.165) is 17.7 Å². The minimum absolute atomic E-state index is 0.0264. The number of rotatable bonds is 7. The molecule has 1 aliphatic heterocycles. The summed E-state index contributed by atoms with van der Waals surface area (Å²) in [6.45, 7) is 3.80. The van der Waals surface area contributed by atoms with Crippen LogP contribution < -0.4 is 10.6 Å². The predicted octanol–water partition coefficient (Wildman–Crippen LogP) is 3.47. The van der Waals surface area contributed by atoms with E-state index in [1.807, 2.05) is 49.3 Å². The van der Waals surface area contributed by atoms with Gasteiger partial charge in [-0.05, 0) is 56.6 Å². The van der Waals surface area contributed by atoms with E-state index in [1.54, 1.807) is 24.0 Å². The van der Waals surface area contributed by atoms with Gasteiger partial charge < -0.3 is 20.4 Å². The summed E-state index contributed by atoms with van der Waals surface area (Å²) < 4.78 is 13.8. The molecule has 2 unspecified atom stereocenters. The Morgan fingerprint density at radius 3 is 2.53 bits per heavy atom. The van der Waals surface area contributed by atoms with Gasteiger partial charge in [0.05, 0.1) is 12.0 Å². The number of urea groups is 1. The van der Waals surface area contributed by atoms with Crippen LogP contribution in [0.3, 0.4) is 0 Å². The molecule has 0 spiro atoms. The highest BCUT2D eigenvalue weighted by atomic mass is 19.1. The quantitative estimate of drug-likeness (QED) is 0.693. The second-order valence-corrected chi connectivity index (χ2v) is 8.69. The third-order valence-electron chi connectivity index (χ3n) is 5.93. The van der Waals surface area contributed by atoms with E-state index in [9.17, 15) is 14.0 Å². The lowest BCUT2D eigenvalue weighted by Crippen LogP contribution is -2.50. The van der Waals surface area contributed by atoms with Crippen LogP contribution >= 0.6 is 0 Å². The SMILES string of the molecule is Cc1cc(C2CCC(C(=O)NCCN(C)C)CN2C(=O)NCc2ccccc2)ccc1F. The first-order valence-electron chi connectivity index (χ1n) is 11.1. The summed E-state index contributed by atoms with van der Waals surface area (Å²) in [5.41, 5.74) is 2.45. The second kappa shape index (κ2) is 11.1. The van der Waals surface area contributed by atoms with E-state index < -0.39 is 0 Å². The van der Waals surface area contributed by atoms with Crippen LogP contribution in [0.2, 0.25) is 0 Å². The number of halogens is 1. The van der Waals surface area contributed by atoms with Gasteiger partial charge in [0.15, 0.2) is 0 Å². The topological polar surface area (TPSA) is 64.7 Å². The minimum atomic E-state index is -0.266. The average molecular weight is 441 g/mol. The molecule has 0 aliphatic carbocycles. The summed E-state index contributed by atoms with van der Waals surface area (Å²) in [7, 11) is 3.92. The van der Waals surface area contributed by atoms with E-state index in [1.165, 1.54) is 6.07 Å². The first kappa shape index (κ1) is 23.7. The van der Waals surface area contributed by atoms with Crippen LogP contribution in [0.4, 0.5) is 9.18 Å². The summed E-state index contributed by atoms with van der Waals surface area (Å²) in [4.78, 5) is 29.7. The number of hydrogen-bond acceptors (Lipinski definition) is 3. The maximum Gasteiger partial charge on any atom is 0.318 e. The molecule has 1 fully saturated rings. The minimum Gasteiger partial charge on any atom is -0.355 e. The molecular weight excluding hydrogens is 407 g/mol. The maximum atomic E-state index is 13.8. The van der Waals surface area contributed by atoms with Gasteiger partial charge in [0.25, 0.3) is 0 Å². The van der Waals surface area contributed by atoms with Crippen molar-refractivity contribution in [1.29, 1.82) is 0 Å². The molecule has 1 aliphatic rings. The number of hydrogen-bond donors (Lipinski definition) is 2. The van der Waals surface area contributed by atoms with Crippen molar-refractivity contribution in [2.24, 2.45) is 5.92 Å². The van der Waals surface area contributed by atoms with Crippen molar-refractivity contribution in [2.45, 2.75) is 32.4 Å². The highest BCUT2D eigenvalue weighted by molar-refractivity contribution is 5.81. The van der Waals surface area contributed by atoms with Crippen molar-refractivity contribution in [1.82, 2.24) is 20.4 Å². The van der Waals surface area contributed by atoms with Crippen molar-refractivity contribution < 1.29 is 14.0 Å². The van der Waals surface area contributed by atoms with E-state index in [4.69, 9.17) is 0 Å². The molecular formula is C25H33FN4O2. The third-order valence-corrected chi connectivity index (χ3v) is 5.93. The molecule has 32 heavy (non-hydrogen) atoms. The van der Waals surface area contributed by atoms with Gasteiger partial charge in [-0.3, -0.25) is 4.79 Å². The van der Waals surface area contributed by atoms with Crippen LogP contribution in [-0.2, 0) is 11.3 Å². The van der Waals surface area contributed by atoms with Gasteiger partial charge in [-0.25, -0.2) is 9.18 Å². The molecule has 3 rings (SSSR count). The van der Waals surface area contributed by atoms with E-state index >= 15 is 0 Å². The van der Waals surface area contributed by atoms with Crippen molar-refractivity contribution in [3.63, 3.8) is 0 Å². The predicted molar refractivity (Wildman–Crippen MR) is 124 cm³/mol. The third kappa shape index (κ3) is 6.29. The van der Waals surface area contributed by atoms with Crippen LogP contribution in [0.1, 0.15) is 35.6 Å². The summed E-state index contributed by atoms with van der Waals surface area (Å²) in [6, 6.07) is 14.3. The summed E-state index contributed by atoms with van der Waals surface area (Å²) >= 11 is 0. The van der Waals surface area contributed by atoms with Crippen molar-refractivity contribution in [3.05, 3.63) is 71.0 Å². The number of aryl methyl sites for hydroxylation is 1. The number of likely N-dealkylation sites (tertiary alicyclic amines) is 1. The normalized spacial score (nSPS) is 18.5. The second-order valence-electron chi connectivity index (χ2n) is 8.69. The Kier molecular flexibility index (Phi) is 8.22. The Bertz CT molecular complexity index is 919. The first-order valence-corrected chi connectivity index (χ1v) is 11.1. The smallest absolute Gasteiger partial charge is 0.318 e. The highest BCUT2D eigenvalue weighted by Gasteiger charge is 2.35. The summed E-state index contributed by atoms with van der Waals surface area (Å²) in [5, 5.41) is 5.97. The summed E-state index contributed by atoms with van der Waals surface area (Å²) in [5.74, 6) is -0.554. The fourth-order valence-corrected chi connectivity index (χ4v) is 4.05. The lowest BCUT2D eigenvalue weighted by Gasteiger charge is -2.39. The molecule has 2 atom stereocenters. The molecule has 2 N–H and O–H groups in total. The number of amides is 3. The highest BCUT2D eigenvalue weighted by Crippen LogP contribution is 2.34. The molecule has 2 aromatic carbocycles. The maximum absolute atomic E-state index is 13.8. The van der Waals surface area contributed by atoms with Crippen LogP contribution in [0.25, 0.3) is 0 Å². The zero-order valence-electron chi connectivity index (χ0n) is 19.1. The van der Waals surface area contributed by atoms with E-state index in [2.05, 4.69) is 10.6 Å². The van der Waals surface area contributed by atoms with Gasteiger partial charge >= 0.3 is 6.03 Å². The van der Waals surface area contributed by atoms with Crippen LogP contribution in [0.5, 0.6) is 0 Å². The van der Waals surface area contributed by atoms with Gasteiger partial charge in [0.1, 0.15) is 5.82 Å². The zero-order chi connectivity index (χ0) is 23.1. The number of piperidine rings is 1. The fraction of sp³-hybridized carbons (Fsp3) is 0.440. The molecule has 7 heteroatoms. The zero-order valence-corrected chi connectivity index (χ0v) is 19.1.